The van der Waals surface area contributed by atoms with Crippen LogP contribution in [0, 0.1) is 0 Å². The van der Waals surface area contributed by atoms with E-state index in [1.165, 1.54) is 4.88 Å². The third-order valence-electron chi connectivity index (χ3n) is 3.23. The van der Waals surface area contributed by atoms with Crippen molar-refractivity contribution in [1.82, 2.24) is 5.32 Å². The van der Waals surface area contributed by atoms with Crippen molar-refractivity contribution in [2.24, 2.45) is 0 Å². The van der Waals surface area contributed by atoms with Crippen LogP contribution in [-0.4, -0.2) is 5.91 Å². The molecule has 5 heteroatoms. The fraction of sp³-hybridized carbons (Fsp3) is 0.214. The van der Waals surface area contributed by atoms with Crippen molar-refractivity contribution in [3.8, 4) is 0 Å². The summed E-state index contributed by atoms with van der Waals surface area (Å²) < 4.78 is 0. The Balaban J connectivity index is 1.86. The summed E-state index contributed by atoms with van der Waals surface area (Å²) in [5.74, 6) is -0.0272. The zero-order valence-electron chi connectivity index (χ0n) is 10.3. The predicted molar refractivity (Wildman–Crippen MR) is 78.7 cm³/mol. The van der Waals surface area contributed by atoms with E-state index in [-0.39, 0.29) is 18.0 Å². The van der Waals surface area contributed by atoms with Crippen LogP contribution in [0.2, 0.25) is 5.02 Å². The van der Waals surface area contributed by atoms with E-state index in [4.69, 9.17) is 11.6 Å². The Morgan fingerprint density at radius 2 is 2.26 bits per heavy atom. The molecule has 3 nitrogen and oxygen atoms in total. The lowest BCUT2D eigenvalue weighted by atomic mass is 10.1. The number of rotatable bonds is 3. The first kappa shape index (κ1) is 12.7. The minimum absolute atomic E-state index is 0.0272. The van der Waals surface area contributed by atoms with E-state index >= 15 is 0 Å². The largest absolute Gasteiger partial charge is 0.324 e. The quantitative estimate of drug-likeness (QED) is 0.905. The molecule has 98 valence electrons. The molecular formula is C14H13ClN2OS. The normalized spacial score (nSPS) is 19.1. The first-order valence-electron chi connectivity index (χ1n) is 6.05. The van der Waals surface area contributed by atoms with Crippen LogP contribution >= 0.6 is 22.9 Å². The maximum atomic E-state index is 12.0. The minimum atomic E-state index is -0.342. The van der Waals surface area contributed by atoms with E-state index < -0.39 is 0 Å². The third-order valence-corrected chi connectivity index (χ3v) is 4.52. The lowest BCUT2D eigenvalue weighted by Crippen LogP contribution is -2.29. The molecule has 3 rings (SSSR count). The first-order chi connectivity index (χ1) is 9.15. The summed E-state index contributed by atoms with van der Waals surface area (Å²) in [5.41, 5.74) is 1.76. The number of halogens is 1. The molecule has 1 aromatic heterocycles. The van der Waals surface area contributed by atoms with Gasteiger partial charge in [0.25, 0.3) is 0 Å². The monoisotopic (exact) mass is 292 g/mol. The predicted octanol–water partition coefficient (Wildman–Crippen LogP) is 3.75. The molecule has 19 heavy (non-hydrogen) atoms. The van der Waals surface area contributed by atoms with E-state index in [0.717, 1.165) is 11.3 Å². The Kier molecular flexibility index (Phi) is 3.31. The van der Waals surface area contributed by atoms with Crippen molar-refractivity contribution in [3.05, 3.63) is 51.2 Å². The molecule has 1 amide bonds. The number of benzene rings is 1. The summed E-state index contributed by atoms with van der Waals surface area (Å²) in [6, 6.07) is 9.32. The second-order valence-electron chi connectivity index (χ2n) is 4.56. The highest BCUT2D eigenvalue weighted by Crippen LogP contribution is 2.34. The van der Waals surface area contributed by atoms with Crippen LogP contribution < -0.4 is 10.6 Å². The minimum Gasteiger partial charge on any atom is -0.324 e. The van der Waals surface area contributed by atoms with Crippen LogP contribution in [0.5, 0.6) is 0 Å². The average molecular weight is 293 g/mol. The van der Waals surface area contributed by atoms with Crippen LogP contribution in [-0.2, 0) is 4.79 Å². The lowest BCUT2D eigenvalue weighted by Gasteiger charge is -2.17. The molecule has 0 radical (unpaired) electrons. The molecule has 0 saturated heterocycles. The van der Waals surface area contributed by atoms with E-state index in [1.807, 2.05) is 23.6 Å². The van der Waals surface area contributed by atoms with Crippen molar-refractivity contribution in [2.75, 3.05) is 5.32 Å². The summed E-state index contributed by atoms with van der Waals surface area (Å²) in [5, 5.41) is 8.90. The van der Waals surface area contributed by atoms with Crippen molar-refractivity contribution >= 4 is 34.5 Å². The number of fused-ring (bicyclic) bond motifs is 1. The Bertz CT molecular complexity index is 612. The van der Waals surface area contributed by atoms with Gasteiger partial charge in [-0.25, -0.2) is 0 Å². The summed E-state index contributed by atoms with van der Waals surface area (Å²) in [4.78, 5) is 13.2. The molecule has 1 aliphatic rings. The lowest BCUT2D eigenvalue weighted by molar-refractivity contribution is -0.117. The molecule has 2 atom stereocenters. The Hall–Kier alpha value is -1.36. The van der Waals surface area contributed by atoms with Crippen molar-refractivity contribution in [3.63, 3.8) is 0 Å². The van der Waals surface area contributed by atoms with Crippen LogP contribution in [0.25, 0.3) is 0 Å². The van der Waals surface area contributed by atoms with Crippen molar-refractivity contribution < 1.29 is 4.79 Å². The van der Waals surface area contributed by atoms with Gasteiger partial charge in [-0.05, 0) is 36.6 Å². The van der Waals surface area contributed by atoms with Gasteiger partial charge in [-0.1, -0.05) is 17.7 Å². The van der Waals surface area contributed by atoms with Gasteiger partial charge in [-0.2, -0.15) is 0 Å². The average Bonchev–Trinajstić information content (AvgIpc) is 2.99. The highest BCUT2D eigenvalue weighted by molar-refractivity contribution is 7.10. The van der Waals surface area contributed by atoms with Crippen molar-refractivity contribution in [2.45, 2.75) is 19.0 Å². The summed E-state index contributed by atoms with van der Waals surface area (Å²) in [6.45, 7) is 2.06. The molecule has 0 fully saturated rings. The van der Waals surface area contributed by atoms with Crippen LogP contribution in [0.4, 0.5) is 5.69 Å². The Labute approximate surface area is 120 Å². The molecule has 1 aliphatic heterocycles. The van der Waals surface area contributed by atoms with Crippen LogP contribution in [0.1, 0.15) is 29.4 Å². The van der Waals surface area contributed by atoms with Gasteiger partial charge in [-0.15, -0.1) is 11.3 Å². The second kappa shape index (κ2) is 4.96. The Morgan fingerprint density at radius 3 is 3.00 bits per heavy atom. The molecule has 0 saturated carbocycles. The molecule has 2 aromatic rings. The molecule has 2 heterocycles. The van der Waals surface area contributed by atoms with Gasteiger partial charge in [0.05, 0.1) is 0 Å². The van der Waals surface area contributed by atoms with Gasteiger partial charge in [-0.3, -0.25) is 10.1 Å². The fourth-order valence-electron chi connectivity index (χ4n) is 2.27. The van der Waals surface area contributed by atoms with E-state index in [0.29, 0.717) is 5.02 Å². The molecule has 0 bridgehead atoms. The number of hydrogen-bond acceptors (Lipinski definition) is 3. The van der Waals surface area contributed by atoms with Gasteiger partial charge in [0, 0.05) is 27.2 Å². The molecule has 1 aromatic carbocycles. The van der Waals surface area contributed by atoms with E-state index in [9.17, 15) is 4.79 Å². The highest BCUT2D eigenvalue weighted by atomic mass is 35.5. The van der Waals surface area contributed by atoms with E-state index in [2.05, 4.69) is 23.6 Å². The zero-order valence-corrected chi connectivity index (χ0v) is 11.9. The summed E-state index contributed by atoms with van der Waals surface area (Å²) in [7, 11) is 0. The number of nitrogens with one attached hydrogen (secondary N) is 2. The smallest absolute Gasteiger partial charge is 0.246 e. The third kappa shape index (κ3) is 2.39. The van der Waals surface area contributed by atoms with E-state index in [1.54, 1.807) is 17.4 Å². The van der Waals surface area contributed by atoms with Gasteiger partial charge in [0.15, 0.2) is 0 Å². The Morgan fingerprint density at radius 1 is 1.42 bits per heavy atom. The number of anilines is 1. The van der Waals surface area contributed by atoms with Crippen LogP contribution in [0.15, 0.2) is 35.7 Å². The van der Waals surface area contributed by atoms with Gasteiger partial charge < -0.3 is 5.32 Å². The van der Waals surface area contributed by atoms with Gasteiger partial charge >= 0.3 is 0 Å². The fourth-order valence-corrected chi connectivity index (χ4v) is 3.19. The second-order valence-corrected chi connectivity index (χ2v) is 5.97. The molecule has 2 unspecified atom stereocenters. The number of thiophene rings is 1. The molecular weight excluding hydrogens is 280 g/mol. The topological polar surface area (TPSA) is 41.1 Å². The van der Waals surface area contributed by atoms with Crippen molar-refractivity contribution in [1.29, 1.82) is 0 Å². The zero-order chi connectivity index (χ0) is 13.4. The first-order valence-corrected chi connectivity index (χ1v) is 7.30. The van der Waals surface area contributed by atoms with Gasteiger partial charge in [0.1, 0.15) is 6.04 Å². The number of carbonyl (C=O) groups excluding carboxylic acids is 1. The number of amides is 1. The number of hydrogen-bond donors (Lipinski definition) is 2. The standard InChI is InChI=1S/C14H13ClN2OS/c1-8(12-3-2-6-19-12)16-13-10-7-9(15)4-5-11(10)17-14(13)18/h2-8,13,16H,1H3,(H,17,18). The SMILES string of the molecule is CC(NC1C(=O)Nc2ccc(Cl)cc21)c1cccs1. The molecule has 0 aliphatic carbocycles. The maximum absolute atomic E-state index is 12.0. The van der Waals surface area contributed by atoms with Gasteiger partial charge in [0.2, 0.25) is 5.91 Å². The number of carbonyl (C=O) groups is 1. The maximum Gasteiger partial charge on any atom is 0.246 e. The van der Waals surface area contributed by atoms with Crippen LogP contribution in [0.3, 0.4) is 0 Å². The summed E-state index contributed by atoms with van der Waals surface area (Å²) >= 11 is 7.69. The summed E-state index contributed by atoms with van der Waals surface area (Å²) in [6.07, 6.45) is 0. The molecule has 2 N–H and O–H groups in total. The highest BCUT2D eigenvalue weighted by Gasteiger charge is 2.31. The molecule has 0 spiro atoms.